The van der Waals surface area contributed by atoms with Crippen LogP contribution in [0.5, 0.6) is 5.75 Å². The zero-order valence-electron chi connectivity index (χ0n) is 10.9. The van der Waals surface area contributed by atoms with E-state index in [-0.39, 0.29) is 0 Å². The van der Waals surface area contributed by atoms with E-state index in [4.69, 9.17) is 10.5 Å². The number of nitrogens with two attached hydrogens (primary N) is 1. The molecule has 0 radical (unpaired) electrons. The molecule has 2 aromatic heterocycles. The highest BCUT2D eigenvalue weighted by Gasteiger charge is 2.08. The van der Waals surface area contributed by atoms with Crippen LogP contribution < -0.4 is 15.8 Å². The van der Waals surface area contributed by atoms with E-state index in [1.165, 1.54) is 6.33 Å². The lowest BCUT2D eigenvalue weighted by atomic mass is 10.2. The Kier molecular flexibility index (Phi) is 3.04. The molecule has 20 heavy (non-hydrogen) atoms. The summed E-state index contributed by atoms with van der Waals surface area (Å²) in [5, 5.41) is 3.97. The van der Waals surface area contributed by atoms with Crippen molar-refractivity contribution in [2.24, 2.45) is 0 Å². The van der Waals surface area contributed by atoms with E-state index in [9.17, 15) is 0 Å². The first kappa shape index (κ1) is 12.2. The predicted molar refractivity (Wildman–Crippen MR) is 78.0 cm³/mol. The molecule has 0 saturated carbocycles. The molecule has 3 N–H and O–H groups in total. The maximum atomic E-state index is 5.94. The molecule has 0 fully saturated rings. The van der Waals surface area contributed by atoms with Crippen molar-refractivity contribution in [1.29, 1.82) is 0 Å². The lowest BCUT2D eigenvalue weighted by Gasteiger charge is -2.10. The highest BCUT2D eigenvalue weighted by molar-refractivity contribution is 5.94. The maximum absolute atomic E-state index is 5.94. The van der Waals surface area contributed by atoms with Crippen LogP contribution in [0.25, 0.3) is 10.9 Å². The van der Waals surface area contributed by atoms with Crippen LogP contribution in [0.4, 0.5) is 17.3 Å². The summed E-state index contributed by atoms with van der Waals surface area (Å²) in [6.45, 7) is 0. The minimum Gasteiger partial charge on any atom is -0.495 e. The normalized spacial score (nSPS) is 10.4. The lowest BCUT2D eigenvalue weighted by molar-refractivity contribution is 0.417. The second-order valence-corrected chi connectivity index (χ2v) is 4.17. The molecule has 0 amide bonds. The Morgan fingerprint density at radius 1 is 1.15 bits per heavy atom. The molecule has 0 spiro atoms. The summed E-state index contributed by atoms with van der Waals surface area (Å²) >= 11 is 0. The van der Waals surface area contributed by atoms with Gasteiger partial charge in [0.05, 0.1) is 18.3 Å². The van der Waals surface area contributed by atoms with Gasteiger partial charge in [-0.3, -0.25) is 0 Å². The van der Waals surface area contributed by atoms with Crippen molar-refractivity contribution < 1.29 is 4.74 Å². The average Bonchev–Trinajstić information content (AvgIpc) is 2.48. The monoisotopic (exact) mass is 267 g/mol. The Hall–Kier alpha value is -2.89. The number of pyridine rings is 1. The summed E-state index contributed by atoms with van der Waals surface area (Å²) in [5.41, 5.74) is 7.23. The molecule has 0 aliphatic rings. The van der Waals surface area contributed by atoms with E-state index in [1.807, 2.05) is 18.2 Å². The van der Waals surface area contributed by atoms with Crippen molar-refractivity contribution in [2.75, 3.05) is 18.2 Å². The van der Waals surface area contributed by atoms with Crippen LogP contribution in [0.2, 0.25) is 0 Å². The number of anilines is 3. The average molecular weight is 267 g/mol. The first-order chi connectivity index (χ1) is 9.78. The third-order valence-electron chi connectivity index (χ3n) is 2.90. The summed E-state index contributed by atoms with van der Waals surface area (Å²) in [7, 11) is 1.58. The minimum atomic E-state index is 0.541. The lowest BCUT2D eigenvalue weighted by Crippen LogP contribution is -1.99. The Labute approximate surface area is 115 Å². The number of hydrogen-bond acceptors (Lipinski definition) is 6. The number of benzene rings is 1. The van der Waals surface area contributed by atoms with E-state index in [0.29, 0.717) is 23.1 Å². The zero-order valence-corrected chi connectivity index (χ0v) is 10.9. The van der Waals surface area contributed by atoms with Crippen LogP contribution in [0, 0.1) is 0 Å². The SMILES string of the molecule is COc1cc2ncnc(Nc3ccccn3)c2cc1N. The number of nitrogens with one attached hydrogen (secondary N) is 1. The second kappa shape index (κ2) is 5.00. The quantitative estimate of drug-likeness (QED) is 0.708. The van der Waals surface area contributed by atoms with Gasteiger partial charge in [0.15, 0.2) is 0 Å². The molecular formula is C14H13N5O. The zero-order chi connectivity index (χ0) is 13.9. The number of rotatable bonds is 3. The van der Waals surface area contributed by atoms with Crippen molar-refractivity contribution >= 4 is 28.2 Å². The van der Waals surface area contributed by atoms with Gasteiger partial charge in [0.1, 0.15) is 23.7 Å². The molecule has 6 heteroatoms. The second-order valence-electron chi connectivity index (χ2n) is 4.17. The molecule has 3 aromatic rings. The Morgan fingerprint density at radius 3 is 2.80 bits per heavy atom. The summed E-state index contributed by atoms with van der Waals surface area (Å²) in [5.74, 6) is 1.96. The van der Waals surface area contributed by atoms with Gasteiger partial charge in [-0.05, 0) is 18.2 Å². The van der Waals surface area contributed by atoms with Crippen LogP contribution >= 0.6 is 0 Å². The Morgan fingerprint density at radius 2 is 2.05 bits per heavy atom. The Bertz CT molecular complexity index is 745. The summed E-state index contributed by atoms with van der Waals surface area (Å²) in [6.07, 6.45) is 3.20. The van der Waals surface area contributed by atoms with Crippen molar-refractivity contribution in [1.82, 2.24) is 15.0 Å². The molecular weight excluding hydrogens is 254 g/mol. The molecule has 3 rings (SSSR count). The highest BCUT2D eigenvalue weighted by atomic mass is 16.5. The number of nitrogen functional groups attached to an aromatic ring is 1. The number of methoxy groups -OCH3 is 1. The third-order valence-corrected chi connectivity index (χ3v) is 2.90. The van der Waals surface area contributed by atoms with Gasteiger partial charge in [0, 0.05) is 17.6 Å². The van der Waals surface area contributed by atoms with Gasteiger partial charge in [0.2, 0.25) is 0 Å². The summed E-state index contributed by atoms with van der Waals surface area (Å²) in [4.78, 5) is 12.7. The number of fused-ring (bicyclic) bond motifs is 1. The van der Waals surface area contributed by atoms with Crippen molar-refractivity contribution in [2.45, 2.75) is 0 Å². The van der Waals surface area contributed by atoms with Gasteiger partial charge in [-0.25, -0.2) is 15.0 Å². The fourth-order valence-electron chi connectivity index (χ4n) is 1.94. The summed E-state index contributed by atoms with van der Waals surface area (Å²) < 4.78 is 5.19. The molecule has 0 unspecified atom stereocenters. The Balaban J connectivity index is 2.09. The van der Waals surface area contributed by atoms with Crippen LogP contribution in [-0.2, 0) is 0 Å². The molecule has 1 aromatic carbocycles. The first-order valence-corrected chi connectivity index (χ1v) is 6.04. The smallest absolute Gasteiger partial charge is 0.143 e. The van der Waals surface area contributed by atoms with Crippen LogP contribution in [0.15, 0.2) is 42.9 Å². The van der Waals surface area contributed by atoms with Crippen LogP contribution in [0.3, 0.4) is 0 Å². The van der Waals surface area contributed by atoms with Crippen molar-refractivity contribution in [3.8, 4) is 5.75 Å². The van der Waals surface area contributed by atoms with E-state index >= 15 is 0 Å². The predicted octanol–water partition coefficient (Wildman–Crippen LogP) is 2.36. The van der Waals surface area contributed by atoms with E-state index in [2.05, 4.69) is 20.3 Å². The third kappa shape index (κ3) is 2.18. The first-order valence-electron chi connectivity index (χ1n) is 6.04. The van der Waals surface area contributed by atoms with Crippen LogP contribution in [-0.4, -0.2) is 22.1 Å². The van der Waals surface area contributed by atoms with E-state index in [0.717, 1.165) is 10.9 Å². The van der Waals surface area contributed by atoms with Crippen LogP contribution in [0.1, 0.15) is 0 Å². The van der Waals surface area contributed by atoms with Gasteiger partial charge >= 0.3 is 0 Å². The van der Waals surface area contributed by atoms with E-state index < -0.39 is 0 Å². The fraction of sp³-hybridized carbons (Fsp3) is 0.0714. The highest BCUT2D eigenvalue weighted by Crippen LogP contribution is 2.30. The molecule has 100 valence electrons. The van der Waals surface area contributed by atoms with Gasteiger partial charge in [-0.15, -0.1) is 0 Å². The van der Waals surface area contributed by atoms with Gasteiger partial charge in [-0.2, -0.15) is 0 Å². The minimum absolute atomic E-state index is 0.541. The topological polar surface area (TPSA) is 86.0 Å². The molecule has 6 nitrogen and oxygen atoms in total. The molecule has 0 aliphatic carbocycles. The molecule has 2 heterocycles. The van der Waals surface area contributed by atoms with Gasteiger partial charge in [0.25, 0.3) is 0 Å². The van der Waals surface area contributed by atoms with E-state index in [1.54, 1.807) is 25.4 Å². The number of nitrogens with zero attached hydrogens (tertiary/aromatic N) is 3. The van der Waals surface area contributed by atoms with Gasteiger partial charge < -0.3 is 15.8 Å². The van der Waals surface area contributed by atoms with Gasteiger partial charge in [-0.1, -0.05) is 6.07 Å². The number of hydrogen-bond donors (Lipinski definition) is 2. The molecule has 0 bridgehead atoms. The summed E-state index contributed by atoms with van der Waals surface area (Å²) in [6, 6.07) is 9.19. The molecule has 0 saturated heterocycles. The molecule has 0 atom stereocenters. The number of ether oxygens (including phenoxy) is 1. The fourth-order valence-corrected chi connectivity index (χ4v) is 1.94. The maximum Gasteiger partial charge on any atom is 0.143 e. The van der Waals surface area contributed by atoms with Crippen molar-refractivity contribution in [3.05, 3.63) is 42.9 Å². The standard InChI is InChI=1S/C14H13N5O/c1-20-12-7-11-9(6-10(12)15)14(18-8-17-11)19-13-4-2-3-5-16-13/h2-8H,15H2,1H3,(H,16,17,18,19). The number of aromatic nitrogens is 3. The van der Waals surface area contributed by atoms with Crippen molar-refractivity contribution in [3.63, 3.8) is 0 Å². The molecule has 0 aliphatic heterocycles. The largest absolute Gasteiger partial charge is 0.495 e.